The first-order valence-corrected chi connectivity index (χ1v) is 11.6. The SMILES string of the molecule is CSc1ccc(C(=O)CCC(=O)O[C@H](C)C(=O)N[C@H]2CCS(=O)(=O)C2)cc1. The summed E-state index contributed by atoms with van der Waals surface area (Å²) in [6.45, 7) is 1.42. The number of ketones is 1. The third kappa shape index (κ3) is 6.66. The lowest BCUT2D eigenvalue weighted by molar-refractivity contribution is -0.154. The molecule has 2 rings (SSSR count). The molecule has 7 nitrogen and oxygen atoms in total. The highest BCUT2D eigenvalue weighted by atomic mass is 32.2. The van der Waals surface area contributed by atoms with Crippen LogP contribution in [0.25, 0.3) is 0 Å². The number of hydrogen-bond donors (Lipinski definition) is 1. The van der Waals surface area contributed by atoms with Crippen LogP contribution in [0.3, 0.4) is 0 Å². The first-order chi connectivity index (χ1) is 12.7. The predicted octanol–water partition coefficient (Wildman–Crippen LogP) is 1.61. The fraction of sp³-hybridized carbons (Fsp3) is 0.500. The van der Waals surface area contributed by atoms with Gasteiger partial charge in [0.2, 0.25) is 0 Å². The lowest BCUT2D eigenvalue weighted by Gasteiger charge is -2.16. The molecule has 1 fully saturated rings. The molecule has 1 amide bonds. The normalized spacial score (nSPS) is 19.3. The Hall–Kier alpha value is -1.87. The molecule has 0 spiro atoms. The molecule has 2 atom stereocenters. The number of carbonyl (C=O) groups is 3. The molecule has 9 heteroatoms. The van der Waals surface area contributed by atoms with Crippen LogP contribution in [0.15, 0.2) is 29.2 Å². The van der Waals surface area contributed by atoms with Crippen molar-refractivity contribution in [1.29, 1.82) is 0 Å². The number of rotatable bonds is 8. The summed E-state index contributed by atoms with van der Waals surface area (Å²) in [5.74, 6) is -1.40. The summed E-state index contributed by atoms with van der Waals surface area (Å²) in [6.07, 6.45) is 1.12. The van der Waals surface area contributed by atoms with Crippen LogP contribution < -0.4 is 5.32 Å². The molecule has 148 valence electrons. The van der Waals surface area contributed by atoms with E-state index in [0.717, 1.165) is 4.90 Å². The number of Topliss-reactive ketones (excluding diaryl/α,β-unsaturated/α-hetero) is 1. The van der Waals surface area contributed by atoms with Gasteiger partial charge >= 0.3 is 5.97 Å². The van der Waals surface area contributed by atoms with Crippen molar-refractivity contribution in [2.75, 3.05) is 17.8 Å². The molecule has 0 bridgehead atoms. The maximum absolute atomic E-state index is 12.1. The van der Waals surface area contributed by atoms with Gasteiger partial charge in [-0.1, -0.05) is 12.1 Å². The molecule has 1 aliphatic rings. The second-order valence-electron chi connectivity index (χ2n) is 6.39. The van der Waals surface area contributed by atoms with Crippen molar-refractivity contribution in [2.45, 2.75) is 43.2 Å². The maximum Gasteiger partial charge on any atom is 0.307 e. The molecule has 0 saturated carbocycles. The minimum Gasteiger partial charge on any atom is -0.453 e. The smallest absolute Gasteiger partial charge is 0.307 e. The van der Waals surface area contributed by atoms with E-state index in [4.69, 9.17) is 4.74 Å². The summed E-state index contributed by atoms with van der Waals surface area (Å²) in [5.41, 5.74) is 0.522. The molecule has 1 aromatic rings. The van der Waals surface area contributed by atoms with Gasteiger partial charge in [-0.25, -0.2) is 8.42 Å². The van der Waals surface area contributed by atoms with E-state index < -0.39 is 33.9 Å². The molecule has 1 heterocycles. The minimum atomic E-state index is -3.10. The summed E-state index contributed by atoms with van der Waals surface area (Å²) >= 11 is 1.57. The molecule has 27 heavy (non-hydrogen) atoms. The van der Waals surface area contributed by atoms with E-state index >= 15 is 0 Å². The molecule has 1 aromatic carbocycles. The van der Waals surface area contributed by atoms with Crippen LogP contribution >= 0.6 is 11.8 Å². The number of carbonyl (C=O) groups excluding carboxylic acids is 3. The highest BCUT2D eigenvalue weighted by molar-refractivity contribution is 7.98. The van der Waals surface area contributed by atoms with E-state index in [-0.39, 0.29) is 30.1 Å². The lowest BCUT2D eigenvalue weighted by Crippen LogP contribution is -2.42. The van der Waals surface area contributed by atoms with E-state index in [2.05, 4.69) is 5.32 Å². The number of thioether (sulfide) groups is 1. The van der Waals surface area contributed by atoms with Gasteiger partial charge in [-0.3, -0.25) is 14.4 Å². The third-order valence-electron chi connectivity index (χ3n) is 4.22. The average molecular weight is 414 g/mol. The number of hydrogen-bond acceptors (Lipinski definition) is 7. The fourth-order valence-corrected chi connectivity index (χ4v) is 4.76. The van der Waals surface area contributed by atoms with Crippen LogP contribution in [0.1, 0.15) is 36.5 Å². The molecular weight excluding hydrogens is 390 g/mol. The average Bonchev–Trinajstić information content (AvgIpc) is 2.98. The minimum absolute atomic E-state index is 0.00729. The summed E-state index contributed by atoms with van der Waals surface area (Å²) in [5, 5.41) is 2.58. The van der Waals surface area contributed by atoms with Crippen molar-refractivity contribution in [2.24, 2.45) is 0 Å². The standard InChI is InChI=1S/C18H23NO6S2/c1-12(18(22)19-14-9-10-27(23,24)11-14)25-17(21)8-7-16(20)13-3-5-15(26-2)6-4-13/h3-6,12,14H,7-11H2,1-2H3,(H,19,22)/t12-,14+/m1/s1. The fourth-order valence-electron chi connectivity index (χ4n) is 2.67. The van der Waals surface area contributed by atoms with Crippen molar-refractivity contribution in [3.8, 4) is 0 Å². The molecule has 1 aliphatic heterocycles. The van der Waals surface area contributed by atoms with Crippen molar-refractivity contribution >= 4 is 39.3 Å². The molecular formula is C18H23NO6S2. The molecule has 0 unspecified atom stereocenters. The number of benzene rings is 1. The second-order valence-corrected chi connectivity index (χ2v) is 9.50. The van der Waals surface area contributed by atoms with E-state index in [0.29, 0.717) is 12.0 Å². The second kappa shape index (κ2) is 9.36. The molecule has 0 aliphatic carbocycles. The Labute approximate surface area is 163 Å². The molecule has 1 saturated heterocycles. The van der Waals surface area contributed by atoms with Crippen LogP contribution in [-0.4, -0.2) is 56.0 Å². The number of nitrogens with one attached hydrogen (secondary N) is 1. The van der Waals surface area contributed by atoms with Crippen molar-refractivity contribution < 1.29 is 27.5 Å². The largest absolute Gasteiger partial charge is 0.453 e. The zero-order valence-electron chi connectivity index (χ0n) is 15.3. The topological polar surface area (TPSA) is 107 Å². The van der Waals surface area contributed by atoms with E-state index in [1.165, 1.54) is 6.92 Å². The van der Waals surface area contributed by atoms with Gasteiger partial charge in [-0.05, 0) is 31.7 Å². The summed E-state index contributed by atoms with van der Waals surface area (Å²) in [4.78, 5) is 37.0. The van der Waals surface area contributed by atoms with Gasteiger partial charge in [0.15, 0.2) is 21.7 Å². The van der Waals surface area contributed by atoms with Crippen LogP contribution in [-0.2, 0) is 24.2 Å². The number of sulfone groups is 1. The van der Waals surface area contributed by atoms with Gasteiger partial charge in [0.25, 0.3) is 5.91 Å². The zero-order chi connectivity index (χ0) is 20.0. The Kier molecular flexibility index (Phi) is 7.43. The van der Waals surface area contributed by atoms with Gasteiger partial charge in [0.05, 0.1) is 17.9 Å². The highest BCUT2D eigenvalue weighted by Crippen LogP contribution is 2.16. The first kappa shape index (κ1) is 21.4. The van der Waals surface area contributed by atoms with E-state index in [1.54, 1.807) is 23.9 Å². The monoisotopic (exact) mass is 413 g/mol. The Balaban J connectivity index is 1.75. The van der Waals surface area contributed by atoms with Crippen LogP contribution in [0.5, 0.6) is 0 Å². The Morgan fingerprint density at radius 3 is 2.44 bits per heavy atom. The zero-order valence-corrected chi connectivity index (χ0v) is 16.9. The van der Waals surface area contributed by atoms with Crippen LogP contribution in [0.4, 0.5) is 0 Å². The Morgan fingerprint density at radius 2 is 1.89 bits per heavy atom. The third-order valence-corrected chi connectivity index (χ3v) is 6.74. The summed E-state index contributed by atoms with van der Waals surface area (Å²) < 4.78 is 27.8. The van der Waals surface area contributed by atoms with E-state index in [1.807, 2.05) is 18.4 Å². The van der Waals surface area contributed by atoms with Gasteiger partial charge < -0.3 is 10.1 Å². The van der Waals surface area contributed by atoms with Gasteiger partial charge in [0, 0.05) is 22.9 Å². The van der Waals surface area contributed by atoms with Crippen molar-refractivity contribution in [1.82, 2.24) is 5.32 Å². The summed E-state index contributed by atoms with van der Waals surface area (Å²) in [7, 11) is -3.10. The Bertz CT molecular complexity index is 804. The quantitative estimate of drug-likeness (QED) is 0.392. The van der Waals surface area contributed by atoms with Crippen molar-refractivity contribution in [3.05, 3.63) is 29.8 Å². The van der Waals surface area contributed by atoms with E-state index in [9.17, 15) is 22.8 Å². The Morgan fingerprint density at radius 1 is 1.22 bits per heavy atom. The number of esters is 1. The first-order valence-electron chi connectivity index (χ1n) is 8.57. The lowest BCUT2D eigenvalue weighted by atomic mass is 10.1. The number of ether oxygens (including phenoxy) is 1. The van der Waals surface area contributed by atoms with Gasteiger partial charge in [0.1, 0.15) is 0 Å². The van der Waals surface area contributed by atoms with Crippen molar-refractivity contribution in [3.63, 3.8) is 0 Å². The van der Waals surface area contributed by atoms with Crippen LogP contribution in [0, 0.1) is 0 Å². The molecule has 0 radical (unpaired) electrons. The number of amides is 1. The predicted molar refractivity (Wildman–Crippen MR) is 103 cm³/mol. The van der Waals surface area contributed by atoms with Crippen LogP contribution in [0.2, 0.25) is 0 Å². The van der Waals surface area contributed by atoms with Gasteiger partial charge in [-0.15, -0.1) is 11.8 Å². The highest BCUT2D eigenvalue weighted by Gasteiger charge is 2.30. The summed E-state index contributed by atoms with van der Waals surface area (Å²) in [6, 6.07) is 6.66. The van der Waals surface area contributed by atoms with Gasteiger partial charge in [-0.2, -0.15) is 0 Å². The maximum atomic E-state index is 12.1. The molecule has 1 N–H and O–H groups in total. The molecule has 0 aromatic heterocycles.